The first-order valence-electron chi connectivity index (χ1n) is 7.44. The van der Waals surface area contributed by atoms with E-state index in [1.165, 1.54) is 24.8 Å². The summed E-state index contributed by atoms with van der Waals surface area (Å²) in [6, 6.07) is 8.28. The van der Waals surface area contributed by atoms with Crippen molar-refractivity contribution in [2.75, 3.05) is 19.4 Å². The maximum atomic E-state index is 11.9. The van der Waals surface area contributed by atoms with Crippen LogP contribution in [0.1, 0.15) is 37.7 Å². The second-order valence-electron chi connectivity index (χ2n) is 5.87. The van der Waals surface area contributed by atoms with E-state index >= 15 is 0 Å². The average Bonchev–Trinajstić information content (AvgIpc) is 2.41. The van der Waals surface area contributed by atoms with Crippen LogP contribution in [0.3, 0.4) is 0 Å². The molecular weight excluding hydrogens is 250 g/mol. The Hall–Kier alpha value is -1.55. The van der Waals surface area contributed by atoms with Crippen LogP contribution in [0.25, 0.3) is 0 Å². The first kappa shape index (κ1) is 14.9. The molecule has 0 bridgehead atoms. The highest BCUT2D eigenvalue weighted by molar-refractivity contribution is 5.89. The Kier molecular flexibility index (Phi) is 5.41. The van der Waals surface area contributed by atoms with Gasteiger partial charge in [0.15, 0.2) is 0 Å². The first-order valence-corrected chi connectivity index (χ1v) is 7.44. The Labute approximate surface area is 121 Å². The molecule has 1 saturated carbocycles. The van der Waals surface area contributed by atoms with Crippen molar-refractivity contribution in [3.05, 3.63) is 29.8 Å². The van der Waals surface area contributed by atoms with Crippen LogP contribution < -0.4 is 10.6 Å². The van der Waals surface area contributed by atoms with Crippen LogP contribution >= 0.6 is 0 Å². The van der Waals surface area contributed by atoms with Gasteiger partial charge >= 0.3 is 6.03 Å². The molecule has 0 atom stereocenters. The van der Waals surface area contributed by atoms with Crippen molar-refractivity contribution in [3.63, 3.8) is 0 Å². The number of nitrogens with zero attached hydrogens (tertiary/aromatic N) is 1. The summed E-state index contributed by atoms with van der Waals surface area (Å²) in [5.41, 5.74) is 2.09. The third-order valence-electron chi connectivity index (χ3n) is 3.65. The van der Waals surface area contributed by atoms with Crippen LogP contribution in [0, 0.1) is 0 Å². The molecule has 110 valence electrons. The summed E-state index contributed by atoms with van der Waals surface area (Å²) in [6.07, 6.45) is 5.96. The average molecular weight is 275 g/mol. The molecule has 1 aromatic rings. The molecule has 1 aliphatic carbocycles. The summed E-state index contributed by atoms with van der Waals surface area (Å²) in [6.45, 7) is 0.911. The van der Waals surface area contributed by atoms with Crippen molar-refractivity contribution in [1.29, 1.82) is 0 Å². The Balaban J connectivity index is 1.81. The number of carbonyl (C=O) groups excluding carboxylic acids is 1. The predicted molar refractivity (Wildman–Crippen MR) is 82.9 cm³/mol. The monoisotopic (exact) mass is 275 g/mol. The van der Waals surface area contributed by atoms with Gasteiger partial charge < -0.3 is 15.5 Å². The fourth-order valence-electron chi connectivity index (χ4n) is 2.66. The van der Waals surface area contributed by atoms with E-state index in [0.29, 0.717) is 6.04 Å². The van der Waals surface area contributed by atoms with Gasteiger partial charge in [-0.25, -0.2) is 4.79 Å². The largest absolute Gasteiger partial charge is 0.335 e. The van der Waals surface area contributed by atoms with E-state index in [4.69, 9.17) is 0 Å². The molecule has 2 N–H and O–H groups in total. The van der Waals surface area contributed by atoms with Crippen LogP contribution in [-0.2, 0) is 6.54 Å². The van der Waals surface area contributed by atoms with Crippen LogP contribution in [0.2, 0.25) is 0 Å². The molecule has 0 aromatic heterocycles. The lowest BCUT2D eigenvalue weighted by Gasteiger charge is -2.22. The van der Waals surface area contributed by atoms with Gasteiger partial charge in [0.05, 0.1) is 0 Å². The smallest absolute Gasteiger partial charge is 0.319 e. The number of benzene rings is 1. The standard InChI is InChI=1S/C16H25N3O/c1-19(2)12-13-8-10-15(11-9-13)18-16(20)17-14-6-4-3-5-7-14/h8-11,14H,3-7,12H2,1-2H3,(H2,17,18,20). The van der Waals surface area contributed by atoms with Crippen molar-refractivity contribution in [2.45, 2.75) is 44.7 Å². The molecule has 0 aliphatic heterocycles. The van der Waals surface area contributed by atoms with Crippen molar-refractivity contribution < 1.29 is 4.79 Å². The summed E-state index contributed by atoms with van der Waals surface area (Å²) in [5, 5.41) is 5.96. The van der Waals surface area contributed by atoms with E-state index in [2.05, 4.69) is 27.7 Å². The molecular formula is C16H25N3O. The lowest BCUT2D eigenvalue weighted by atomic mass is 9.96. The fraction of sp³-hybridized carbons (Fsp3) is 0.562. The highest BCUT2D eigenvalue weighted by Crippen LogP contribution is 2.17. The Bertz CT molecular complexity index is 422. The predicted octanol–water partition coefficient (Wildman–Crippen LogP) is 3.20. The summed E-state index contributed by atoms with van der Waals surface area (Å²) in [4.78, 5) is 14.0. The number of nitrogens with one attached hydrogen (secondary N) is 2. The molecule has 1 aromatic carbocycles. The third kappa shape index (κ3) is 4.85. The van der Waals surface area contributed by atoms with E-state index < -0.39 is 0 Å². The zero-order valence-electron chi connectivity index (χ0n) is 12.5. The lowest BCUT2D eigenvalue weighted by molar-refractivity contribution is 0.244. The van der Waals surface area contributed by atoms with Crippen molar-refractivity contribution in [1.82, 2.24) is 10.2 Å². The topological polar surface area (TPSA) is 44.4 Å². The van der Waals surface area contributed by atoms with Gasteiger partial charge in [-0.05, 0) is 44.6 Å². The van der Waals surface area contributed by atoms with Crippen LogP contribution in [0.4, 0.5) is 10.5 Å². The van der Waals surface area contributed by atoms with Gasteiger partial charge in [-0.1, -0.05) is 31.4 Å². The van der Waals surface area contributed by atoms with E-state index in [-0.39, 0.29) is 6.03 Å². The summed E-state index contributed by atoms with van der Waals surface area (Å²) >= 11 is 0. The molecule has 0 radical (unpaired) electrons. The minimum absolute atomic E-state index is 0.0859. The summed E-state index contributed by atoms with van der Waals surface area (Å²) < 4.78 is 0. The van der Waals surface area contributed by atoms with Gasteiger partial charge in [0, 0.05) is 18.3 Å². The van der Waals surface area contributed by atoms with Crippen molar-refractivity contribution in [2.24, 2.45) is 0 Å². The van der Waals surface area contributed by atoms with Gasteiger partial charge in [0.2, 0.25) is 0 Å². The Morgan fingerprint density at radius 3 is 2.40 bits per heavy atom. The maximum absolute atomic E-state index is 11.9. The molecule has 20 heavy (non-hydrogen) atoms. The molecule has 2 rings (SSSR count). The molecule has 0 saturated heterocycles. The third-order valence-corrected chi connectivity index (χ3v) is 3.65. The number of hydrogen-bond acceptors (Lipinski definition) is 2. The summed E-state index contributed by atoms with van der Waals surface area (Å²) in [5.74, 6) is 0. The number of carbonyl (C=O) groups is 1. The van der Waals surface area contributed by atoms with Gasteiger partial charge in [-0.15, -0.1) is 0 Å². The molecule has 0 spiro atoms. The highest BCUT2D eigenvalue weighted by Gasteiger charge is 2.15. The van der Waals surface area contributed by atoms with Crippen LogP contribution in [-0.4, -0.2) is 31.1 Å². The molecule has 0 heterocycles. The number of anilines is 1. The van der Waals surface area contributed by atoms with E-state index in [0.717, 1.165) is 25.1 Å². The van der Waals surface area contributed by atoms with Gasteiger partial charge in [0.1, 0.15) is 0 Å². The van der Waals surface area contributed by atoms with Crippen molar-refractivity contribution >= 4 is 11.7 Å². The van der Waals surface area contributed by atoms with E-state index in [1.54, 1.807) is 0 Å². The molecule has 4 heteroatoms. The first-order chi connectivity index (χ1) is 9.63. The highest BCUT2D eigenvalue weighted by atomic mass is 16.2. The van der Waals surface area contributed by atoms with Crippen molar-refractivity contribution in [3.8, 4) is 0 Å². The van der Waals surface area contributed by atoms with Gasteiger partial charge in [0.25, 0.3) is 0 Å². The Morgan fingerprint density at radius 1 is 1.15 bits per heavy atom. The summed E-state index contributed by atoms with van der Waals surface area (Å²) in [7, 11) is 4.09. The second kappa shape index (κ2) is 7.29. The minimum atomic E-state index is -0.0859. The fourth-order valence-corrected chi connectivity index (χ4v) is 2.66. The SMILES string of the molecule is CN(C)Cc1ccc(NC(=O)NC2CCCCC2)cc1. The lowest BCUT2D eigenvalue weighted by Crippen LogP contribution is -2.39. The van der Waals surface area contributed by atoms with Crippen LogP contribution in [0.5, 0.6) is 0 Å². The van der Waals surface area contributed by atoms with E-state index in [1.807, 2.05) is 26.2 Å². The minimum Gasteiger partial charge on any atom is -0.335 e. The number of amides is 2. The second-order valence-corrected chi connectivity index (χ2v) is 5.87. The molecule has 0 unspecified atom stereocenters. The van der Waals surface area contributed by atoms with Gasteiger partial charge in [-0.3, -0.25) is 0 Å². The number of rotatable bonds is 4. The normalized spacial score (nSPS) is 16.1. The molecule has 1 aliphatic rings. The molecule has 1 fully saturated rings. The maximum Gasteiger partial charge on any atom is 0.319 e. The van der Waals surface area contributed by atoms with Crippen LogP contribution in [0.15, 0.2) is 24.3 Å². The zero-order chi connectivity index (χ0) is 14.4. The van der Waals surface area contributed by atoms with Gasteiger partial charge in [-0.2, -0.15) is 0 Å². The molecule has 2 amide bonds. The van der Waals surface area contributed by atoms with E-state index in [9.17, 15) is 4.79 Å². The quantitative estimate of drug-likeness (QED) is 0.886. The number of hydrogen-bond donors (Lipinski definition) is 2. The molecule has 4 nitrogen and oxygen atoms in total. The number of urea groups is 1. The Morgan fingerprint density at radius 2 is 1.80 bits per heavy atom. The zero-order valence-corrected chi connectivity index (χ0v) is 12.5.